The zero-order valence-corrected chi connectivity index (χ0v) is 13.6. The van der Waals surface area contributed by atoms with Gasteiger partial charge in [-0.05, 0) is 19.9 Å². The van der Waals surface area contributed by atoms with Crippen molar-refractivity contribution in [2.45, 2.75) is 26.5 Å². The number of carbonyl (C=O) groups is 1. The van der Waals surface area contributed by atoms with Crippen LogP contribution < -0.4 is 0 Å². The third kappa shape index (κ3) is 3.86. The Labute approximate surface area is 132 Å². The molecule has 118 valence electrons. The van der Waals surface area contributed by atoms with Gasteiger partial charge in [0, 0.05) is 25.2 Å². The number of hydrogen-bond donors (Lipinski definition) is 0. The molecule has 2 heterocycles. The number of thiazole rings is 1. The van der Waals surface area contributed by atoms with Crippen LogP contribution in [0.4, 0.5) is 4.39 Å². The van der Waals surface area contributed by atoms with E-state index >= 15 is 0 Å². The van der Waals surface area contributed by atoms with Gasteiger partial charge in [0.2, 0.25) is 0 Å². The molecule has 0 spiro atoms. The molecule has 0 aliphatic rings. The van der Waals surface area contributed by atoms with E-state index in [1.54, 1.807) is 7.05 Å². The molecule has 0 aliphatic carbocycles. The van der Waals surface area contributed by atoms with Crippen LogP contribution in [0, 0.1) is 5.82 Å². The maximum absolute atomic E-state index is 13.6. The fourth-order valence-corrected chi connectivity index (χ4v) is 2.79. The van der Waals surface area contributed by atoms with Gasteiger partial charge in [-0.15, -0.1) is 11.3 Å². The fraction of sp³-hybridized carbons (Fsp3) is 0.400. The lowest BCUT2D eigenvalue weighted by Crippen LogP contribution is -2.27. The lowest BCUT2D eigenvalue weighted by atomic mass is 10.2. The number of hydrogen-bond acceptors (Lipinski definition) is 5. The molecular formula is C15H18FN3O2S. The first-order valence-electron chi connectivity index (χ1n) is 6.93. The zero-order valence-electron chi connectivity index (χ0n) is 12.7. The monoisotopic (exact) mass is 323 g/mol. The van der Waals surface area contributed by atoms with Gasteiger partial charge in [-0.1, -0.05) is 0 Å². The first-order chi connectivity index (χ1) is 10.5. The summed E-state index contributed by atoms with van der Waals surface area (Å²) in [5.74, 6) is -1.02. The summed E-state index contributed by atoms with van der Waals surface area (Å²) in [4.78, 5) is 21.8. The van der Waals surface area contributed by atoms with Crippen molar-refractivity contribution in [3.05, 3.63) is 45.9 Å². The smallest absolute Gasteiger partial charge is 0.257 e. The van der Waals surface area contributed by atoms with Crippen molar-refractivity contribution in [3.8, 4) is 0 Å². The third-order valence-corrected chi connectivity index (χ3v) is 4.14. The highest BCUT2D eigenvalue weighted by atomic mass is 32.1. The second-order valence-corrected chi connectivity index (χ2v) is 5.68. The molecule has 0 aliphatic heterocycles. The molecule has 2 aromatic heterocycles. The Morgan fingerprint density at radius 1 is 1.55 bits per heavy atom. The molecular weight excluding hydrogens is 305 g/mol. The quantitative estimate of drug-likeness (QED) is 0.820. The van der Waals surface area contributed by atoms with Gasteiger partial charge in [-0.3, -0.25) is 9.78 Å². The molecule has 1 amide bonds. The number of ether oxygens (including phenoxy) is 1. The zero-order chi connectivity index (χ0) is 16.1. The summed E-state index contributed by atoms with van der Waals surface area (Å²) in [5.41, 5.74) is 0.771. The Kier molecular flexibility index (Phi) is 5.57. The molecule has 0 N–H and O–H groups in total. The summed E-state index contributed by atoms with van der Waals surface area (Å²) in [6, 6.07) is 1.37. The van der Waals surface area contributed by atoms with Gasteiger partial charge in [0.15, 0.2) is 5.82 Å². The molecule has 5 nitrogen and oxygen atoms in total. The number of pyridine rings is 1. The Morgan fingerprint density at radius 2 is 2.32 bits per heavy atom. The molecule has 0 radical (unpaired) electrons. The van der Waals surface area contributed by atoms with Crippen molar-refractivity contribution >= 4 is 17.2 Å². The van der Waals surface area contributed by atoms with Gasteiger partial charge < -0.3 is 9.64 Å². The standard InChI is InChI=1S/C15H18FN3O2S/c1-4-21-10(2)14-18-11(9-22-14)8-19(3)15(20)12-5-6-17-7-13(12)16/h5-7,9-10H,4,8H2,1-3H3. The average molecular weight is 323 g/mol. The molecule has 22 heavy (non-hydrogen) atoms. The third-order valence-electron chi connectivity index (χ3n) is 3.08. The second-order valence-electron chi connectivity index (χ2n) is 4.79. The molecule has 1 atom stereocenters. The van der Waals surface area contributed by atoms with Crippen LogP contribution in [0.5, 0.6) is 0 Å². The largest absolute Gasteiger partial charge is 0.372 e. The van der Waals surface area contributed by atoms with Crippen LogP contribution in [-0.2, 0) is 11.3 Å². The van der Waals surface area contributed by atoms with E-state index in [0.717, 1.165) is 16.9 Å². The molecule has 0 aromatic carbocycles. The minimum atomic E-state index is -0.622. The molecule has 0 bridgehead atoms. The van der Waals surface area contributed by atoms with E-state index in [0.29, 0.717) is 13.2 Å². The first-order valence-corrected chi connectivity index (χ1v) is 7.81. The summed E-state index contributed by atoms with van der Waals surface area (Å²) < 4.78 is 19.1. The Bertz CT molecular complexity index is 647. The van der Waals surface area contributed by atoms with E-state index in [9.17, 15) is 9.18 Å². The maximum Gasteiger partial charge on any atom is 0.257 e. The average Bonchev–Trinajstić information content (AvgIpc) is 2.96. The van der Waals surface area contributed by atoms with Gasteiger partial charge in [-0.25, -0.2) is 9.37 Å². The predicted octanol–water partition coefficient (Wildman–Crippen LogP) is 3.05. The van der Waals surface area contributed by atoms with Crippen molar-refractivity contribution in [1.82, 2.24) is 14.9 Å². The predicted molar refractivity (Wildman–Crippen MR) is 82.1 cm³/mol. The molecule has 0 saturated carbocycles. The van der Waals surface area contributed by atoms with Crippen molar-refractivity contribution < 1.29 is 13.9 Å². The van der Waals surface area contributed by atoms with Crippen LogP contribution >= 0.6 is 11.3 Å². The van der Waals surface area contributed by atoms with Crippen LogP contribution in [0.25, 0.3) is 0 Å². The van der Waals surface area contributed by atoms with Crippen LogP contribution in [0.3, 0.4) is 0 Å². The minimum Gasteiger partial charge on any atom is -0.372 e. The van der Waals surface area contributed by atoms with Crippen LogP contribution in [-0.4, -0.2) is 34.4 Å². The van der Waals surface area contributed by atoms with Crippen LogP contribution in [0.1, 0.15) is 41.0 Å². The van der Waals surface area contributed by atoms with Crippen molar-refractivity contribution in [3.63, 3.8) is 0 Å². The molecule has 2 aromatic rings. The Morgan fingerprint density at radius 3 is 3.00 bits per heavy atom. The number of rotatable bonds is 6. The van der Waals surface area contributed by atoms with E-state index in [2.05, 4.69) is 9.97 Å². The Hall–Kier alpha value is -1.86. The van der Waals surface area contributed by atoms with Crippen molar-refractivity contribution in [1.29, 1.82) is 0 Å². The minimum absolute atomic E-state index is 0.00985. The van der Waals surface area contributed by atoms with Gasteiger partial charge in [0.25, 0.3) is 5.91 Å². The van der Waals surface area contributed by atoms with Gasteiger partial charge >= 0.3 is 0 Å². The number of nitrogens with zero attached hydrogens (tertiary/aromatic N) is 3. The van der Waals surface area contributed by atoms with Crippen LogP contribution in [0.15, 0.2) is 23.8 Å². The highest BCUT2D eigenvalue weighted by Crippen LogP contribution is 2.22. The second kappa shape index (κ2) is 7.42. The lowest BCUT2D eigenvalue weighted by Gasteiger charge is -2.16. The number of aromatic nitrogens is 2. The molecule has 2 rings (SSSR count). The van der Waals surface area contributed by atoms with E-state index in [1.807, 2.05) is 19.2 Å². The molecule has 1 unspecified atom stereocenters. The summed E-state index contributed by atoms with van der Waals surface area (Å²) in [6.45, 7) is 4.81. The summed E-state index contributed by atoms with van der Waals surface area (Å²) in [7, 11) is 1.62. The van der Waals surface area contributed by atoms with Crippen molar-refractivity contribution in [2.75, 3.05) is 13.7 Å². The highest BCUT2D eigenvalue weighted by Gasteiger charge is 2.18. The topological polar surface area (TPSA) is 55.3 Å². The van der Waals surface area contributed by atoms with Gasteiger partial charge in [0.05, 0.1) is 24.0 Å². The fourth-order valence-electron chi connectivity index (χ4n) is 1.97. The SMILES string of the molecule is CCOC(C)c1nc(CN(C)C(=O)c2ccncc2F)cs1. The molecule has 7 heteroatoms. The Balaban J connectivity index is 2.04. The first kappa shape index (κ1) is 16.5. The lowest BCUT2D eigenvalue weighted by molar-refractivity contribution is 0.0755. The summed E-state index contributed by atoms with van der Waals surface area (Å²) in [5, 5.41) is 2.75. The number of amides is 1. The van der Waals surface area contributed by atoms with E-state index in [4.69, 9.17) is 4.74 Å². The van der Waals surface area contributed by atoms with Crippen molar-refractivity contribution in [2.24, 2.45) is 0 Å². The van der Waals surface area contributed by atoms with Crippen LogP contribution in [0.2, 0.25) is 0 Å². The highest BCUT2D eigenvalue weighted by molar-refractivity contribution is 7.09. The number of halogens is 1. The summed E-state index contributed by atoms with van der Waals surface area (Å²) in [6.07, 6.45) is 2.36. The molecule has 0 saturated heterocycles. The van der Waals surface area contributed by atoms with Gasteiger partial charge in [0.1, 0.15) is 11.1 Å². The van der Waals surface area contributed by atoms with E-state index in [1.165, 1.54) is 28.5 Å². The molecule has 0 fully saturated rings. The summed E-state index contributed by atoms with van der Waals surface area (Å²) >= 11 is 1.49. The van der Waals surface area contributed by atoms with Gasteiger partial charge in [-0.2, -0.15) is 0 Å². The normalized spacial score (nSPS) is 12.2. The maximum atomic E-state index is 13.6. The van der Waals surface area contributed by atoms with E-state index in [-0.39, 0.29) is 11.7 Å². The van der Waals surface area contributed by atoms with E-state index < -0.39 is 11.7 Å². The number of carbonyl (C=O) groups excluding carboxylic acids is 1.